The number of carbonyl (C=O) groups excluding carboxylic acids is 1. The summed E-state index contributed by atoms with van der Waals surface area (Å²) in [6.07, 6.45) is 3.53. The van der Waals surface area contributed by atoms with Gasteiger partial charge >= 0.3 is 5.69 Å². The summed E-state index contributed by atoms with van der Waals surface area (Å²) in [5, 5.41) is 2.72. The van der Waals surface area contributed by atoms with Gasteiger partial charge in [0.1, 0.15) is 0 Å². The van der Waals surface area contributed by atoms with E-state index in [1.54, 1.807) is 19.3 Å². The molecule has 7 heteroatoms. The van der Waals surface area contributed by atoms with Gasteiger partial charge in [0.05, 0.1) is 12.5 Å². The molecule has 2 aromatic rings. The van der Waals surface area contributed by atoms with Gasteiger partial charge in [0.15, 0.2) is 0 Å². The van der Waals surface area contributed by atoms with Crippen LogP contribution in [-0.2, 0) is 17.8 Å². The lowest BCUT2D eigenvalue weighted by atomic mass is 10.1. The molecule has 0 saturated heterocycles. The van der Waals surface area contributed by atoms with E-state index in [0.29, 0.717) is 17.8 Å². The van der Waals surface area contributed by atoms with E-state index in [2.05, 4.69) is 15.3 Å². The molecule has 20 heavy (non-hydrogen) atoms. The van der Waals surface area contributed by atoms with Crippen LogP contribution in [0.25, 0.3) is 0 Å². The van der Waals surface area contributed by atoms with Crippen molar-refractivity contribution in [2.45, 2.75) is 26.3 Å². The summed E-state index contributed by atoms with van der Waals surface area (Å²) in [5.41, 5.74) is 0.787. The second-order valence-electron chi connectivity index (χ2n) is 4.42. The lowest BCUT2D eigenvalue weighted by Gasteiger charge is -2.05. The van der Waals surface area contributed by atoms with Crippen LogP contribution in [0.15, 0.2) is 32.6 Å². The second kappa shape index (κ2) is 6.05. The molecule has 0 spiro atoms. The van der Waals surface area contributed by atoms with Crippen LogP contribution in [-0.4, -0.2) is 15.9 Å². The highest BCUT2D eigenvalue weighted by atomic mass is 16.3. The fourth-order valence-electron chi connectivity index (χ4n) is 1.85. The van der Waals surface area contributed by atoms with Gasteiger partial charge in [0.25, 0.3) is 5.56 Å². The summed E-state index contributed by atoms with van der Waals surface area (Å²) in [5.74, 6) is -0.170. The summed E-state index contributed by atoms with van der Waals surface area (Å²) in [4.78, 5) is 39.0. The number of hydrogen-bond acceptors (Lipinski definition) is 4. The topological polar surface area (TPSA) is 108 Å². The van der Waals surface area contributed by atoms with Crippen LogP contribution in [0, 0.1) is 6.92 Å². The number of hydrogen-bond donors (Lipinski definition) is 3. The Kier molecular flexibility index (Phi) is 4.19. The van der Waals surface area contributed by atoms with Crippen LogP contribution in [0.3, 0.4) is 0 Å². The third-order valence-corrected chi connectivity index (χ3v) is 2.93. The van der Waals surface area contributed by atoms with Crippen molar-refractivity contribution in [3.05, 3.63) is 56.3 Å². The van der Waals surface area contributed by atoms with Crippen molar-refractivity contribution in [2.75, 3.05) is 0 Å². The molecule has 0 aliphatic carbocycles. The Morgan fingerprint density at radius 3 is 2.80 bits per heavy atom. The molecule has 0 aliphatic rings. The molecule has 0 radical (unpaired) electrons. The van der Waals surface area contributed by atoms with E-state index in [9.17, 15) is 14.4 Å². The Morgan fingerprint density at radius 2 is 2.15 bits per heavy atom. The van der Waals surface area contributed by atoms with Gasteiger partial charge < -0.3 is 14.7 Å². The minimum Gasteiger partial charge on any atom is -0.472 e. The maximum absolute atomic E-state index is 11.7. The molecule has 0 aromatic carbocycles. The average Bonchev–Trinajstić information content (AvgIpc) is 2.88. The first-order valence-corrected chi connectivity index (χ1v) is 6.16. The van der Waals surface area contributed by atoms with Crippen LogP contribution in [0.1, 0.15) is 23.2 Å². The number of carbonyl (C=O) groups is 1. The maximum Gasteiger partial charge on any atom is 0.325 e. The first-order chi connectivity index (χ1) is 9.56. The van der Waals surface area contributed by atoms with E-state index in [0.717, 1.165) is 5.56 Å². The highest BCUT2D eigenvalue weighted by molar-refractivity contribution is 5.76. The molecule has 1 amide bonds. The second-order valence-corrected chi connectivity index (χ2v) is 4.42. The first-order valence-electron chi connectivity index (χ1n) is 6.16. The number of rotatable bonds is 5. The van der Waals surface area contributed by atoms with Crippen LogP contribution >= 0.6 is 0 Å². The molecule has 0 unspecified atom stereocenters. The number of aryl methyl sites for hydroxylation is 1. The average molecular weight is 277 g/mol. The summed E-state index contributed by atoms with van der Waals surface area (Å²) < 4.78 is 4.89. The van der Waals surface area contributed by atoms with Gasteiger partial charge in [-0.25, -0.2) is 4.79 Å². The van der Waals surface area contributed by atoms with E-state index >= 15 is 0 Å². The Bertz CT molecular complexity index is 697. The van der Waals surface area contributed by atoms with Crippen LogP contribution in [0.2, 0.25) is 0 Å². The molecule has 0 saturated carbocycles. The van der Waals surface area contributed by atoms with Crippen LogP contribution < -0.4 is 16.6 Å². The highest BCUT2D eigenvalue weighted by Gasteiger charge is 2.09. The number of aromatic nitrogens is 2. The lowest BCUT2D eigenvalue weighted by Crippen LogP contribution is -2.29. The highest BCUT2D eigenvalue weighted by Crippen LogP contribution is 2.01. The van der Waals surface area contributed by atoms with Gasteiger partial charge in [0.2, 0.25) is 5.91 Å². The molecular formula is C13H15N3O4. The smallest absolute Gasteiger partial charge is 0.325 e. The van der Waals surface area contributed by atoms with Gasteiger partial charge in [-0.1, -0.05) is 0 Å². The van der Waals surface area contributed by atoms with Crippen molar-refractivity contribution in [1.29, 1.82) is 0 Å². The molecule has 3 N–H and O–H groups in total. The zero-order valence-corrected chi connectivity index (χ0v) is 11.0. The minimum atomic E-state index is -0.541. The van der Waals surface area contributed by atoms with Gasteiger partial charge in [-0.05, 0) is 19.4 Å². The van der Waals surface area contributed by atoms with Crippen molar-refractivity contribution in [1.82, 2.24) is 15.3 Å². The Morgan fingerprint density at radius 1 is 1.35 bits per heavy atom. The molecule has 0 bridgehead atoms. The van der Waals surface area contributed by atoms with Gasteiger partial charge in [-0.3, -0.25) is 14.6 Å². The molecule has 2 heterocycles. The molecular weight excluding hydrogens is 262 g/mol. The minimum absolute atomic E-state index is 0.170. The fourth-order valence-corrected chi connectivity index (χ4v) is 1.85. The van der Waals surface area contributed by atoms with E-state index in [1.807, 2.05) is 0 Å². The van der Waals surface area contributed by atoms with Crippen LogP contribution in [0.5, 0.6) is 0 Å². The number of nitrogens with one attached hydrogen (secondary N) is 3. The lowest BCUT2D eigenvalue weighted by molar-refractivity contribution is -0.121. The molecule has 0 aliphatic heterocycles. The molecule has 0 atom stereocenters. The molecule has 2 rings (SSSR count). The van der Waals surface area contributed by atoms with Gasteiger partial charge in [-0.2, -0.15) is 0 Å². The fraction of sp³-hybridized carbons (Fsp3) is 0.308. The first kappa shape index (κ1) is 13.9. The predicted molar refractivity (Wildman–Crippen MR) is 71.3 cm³/mol. The number of H-pyrrole nitrogens is 2. The van der Waals surface area contributed by atoms with Crippen molar-refractivity contribution in [3.8, 4) is 0 Å². The van der Waals surface area contributed by atoms with Crippen molar-refractivity contribution in [2.24, 2.45) is 0 Å². The third kappa shape index (κ3) is 3.47. The SMILES string of the molecule is Cc1[nH]c(=O)[nH]c(=O)c1CCC(=O)NCc1ccoc1. The zero-order valence-electron chi connectivity index (χ0n) is 11.0. The standard InChI is InChI=1S/C13H15N3O4/c1-8-10(12(18)16-13(19)15-8)2-3-11(17)14-6-9-4-5-20-7-9/h4-5,7H,2-3,6H2,1H3,(H,14,17)(H2,15,16,18,19). The normalized spacial score (nSPS) is 10.4. The number of amides is 1. The molecule has 0 fully saturated rings. The van der Waals surface area contributed by atoms with Gasteiger partial charge in [-0.15, -0.1) is 0 Å². The Hall–Kier alpha value is -2.57. The largest absolute Gasteiger partial charge is 0.472 e. The third-order valence-electron chi connectivity index (χ3n) is 2.93. The predicted octanol–water partition coefficient (Wildman–Crippen LogP) is 0.214. The van der Waals surface area contributed by atoms with Crippen molar-refractivity contribution >= 4 is 5.91 Å². The van der Waals surface area contributed by atoms with E-state index < -0.39 is 11.2 Å². The number of aromatic amines is 2. The number of furan rings is 1. The monoisotopic (exact) mass is 277 g/mol. The van der Waals surface area contributed by atoms with Gasteiger partial charge in [0, 0.05) is 29.8 Å². The Balaban J connectivity index is 1.90. The summed E-state index contributed by atoms with van der Waals surface area (Å²) >= 11 is 0. The van der Waals surface area contributed by atoms with Crippen LogP contribution in [0.4, 0.5) is 0 Å². The van der Waals surface area contributed by atoms with E-state index in [-0.39, 0.29) is 18.7 Å². The van der Waals surface area contributed by atoms with E-state index in [1.165, 1.54) is 6.26 Å². The van der Waals surface area contributed by atoms with E-state index in [4.69, 9.17) is 4.42 Å². The quantitative estimate of drug-likeness (QED) is 0.726. The summed E-state index contributed by atoms with van der Waals surface area (Å²) in [6.45, 7) is 2.02. The van der Waals surface area contributed by atoms with Crippen molar-refractivity contribution < 1.29 is 9.21 Å². The zero-order chi connectivity index (χ0) is 14.5. The summed E-state index contributed by atoms with van der Waals surface area (Å²) in [7, 11) is 0. The summed E-state index contributed by atoms with van der Waals surface area (Å²) in [6, 6.07) is 1.76. The maximum atomic E-state index is 11.7. The molecule has 106 valence electrons. The van der Waals surface area contributed by atoms with Crippen molar-refractivity contribution in [3.63, 3.8) is 0 Å². The molecule has 2 aromatic heterocycles. The molecule has 7 nitrogen and oxygen atoms in total. The Labute approximate surface area is 114 Å².